The molecule has 0 saturated carbocycles. The summed E-state index contributed by atoms with van der Waals surface area (Å²) in [5, 5.41) is 6.46. The Kier molecular flexibility index (Phi) is 7.41. The largest absolute Gasteiger partial charge is 0.497 e. The van der Waals surface area contributed by atoms with Gasteiger partial charge >= 0.3 is 0 Å². The summed E-state index contributed by atoms with van der Waals surface area (Å²) in [6, 6.07) is 14.9. The third kappa shape index (κ3) is 5.46. The molecule has 140 valence electrons. The molecule has 0 aliphatic carbocycles. The van der Waals surface area contributed by atoms with E-state index >= 15 is 0 Å². The van der Waals surface area contributed by atoms with Crippen molar-refractivity contribution in [3.63, 3.8) is 0 Å². The van der Waals surface area contributed by atoms with Crippen LogP contribution in [0.2, 0.25) is 0 Å². The molecule has 2 rings (SSSR count). The SMILES string of the molecule is CN=C(NCc1ccccc1F)NCC(c1ccc(OC)cc1)N(C)C. The first-order valence-electron chi connectivity index (χ1n) is 8.53. The molecule has 0 saturated heterocycles. The van der Waals surface area contributed by atoms with E-state index in [2.05, 4.69) is 32.7 Å². The first-order chi connectivity index (χ1) is 12.5. The maximum Gasteiger partial charge on any atom is 0.191 e. The fourth-order valence-electron chi connectivity index (χ4n) is 2.66. The highest BCUT2D eigenvalue weighted by molar-refractivity contribution is 5.79. The number of rotatable bonds is 7. The predicted octanol–water partition coefficient (Wildman–Crippen LogP) is 2.80. The van der Waals surface area contributed by atoms with E-state index in [4.69, 9.17) is 4.74 Å². The van der Waals surface area contributed by atoms with Crippen LogP contribution >= 0.6 is 0 Å². The van der Waals surface area contributed by atoms with Gasteiger partial charge in [-0.3, -0.25) is 4.99 Å². The lowest BCUT2D eigenvalue weighted by Crippen LogP contribution is -2.41. The second-order valence-electron chi connectivity index (χ2n) is 6.15. The molecule has 0 bridgehead atoms. The van der Waals surface area contributed by atoms with E-state index in [-0.39, 0.29) is 11.9 Å². The van der Waals surface area contributed by atoms with E-state index in [1.54, 1.807) is 26.3 Å². The zero-order chi connectivity index (χ0) is 18.9. The van der Waals surface area contributed by atoms with E-state index in [9.17, 15) is 4.39 Å². The number of aliphatic imine (C=N–C) groups is 1. The van der Waals surface area contributed by atoms with E-state index in [1.807, 2.05) is 32.3 Å². The monoisotopic (exact) mass is 358 g/mol. The number of benzene rings is 2. The number of hydrogen-bond acceptors (Lipinski definition) is 3. The van der Waals surface area contributed by atoms with Gasteiger partial charge in [0.2, 0.25) is 0 Å². The smallest absolute Gasteiger partial charge is 0.191 e. The second-order valence-corrected chi connectivity index (χ2v) is 6.15. The standard InChI is InChI=1S/C20H27FN4O/c1-22-20(23-13-16-7-5-6-8-18(16)21)24-14-19(25(2)3)15-9-11-17(26-4)12-10-15/h5-12,19H,13-14H2,1-4H3,(H2,22,23,24). The molecule has 0 radical (unpaired) electrons. The molecule has 1 unspecified atom stereocenters. The highest BCUT2D eigenvalue weighted by atomic mass is 19.1. The quantitative estimate of drug-likeness (QED) is 0.590. The topological polar surface area (TPSA) is 48.9 Å². The average molecular weight is 358 g/mol. The lowest BCUT2D eigenvalue weighted by molar-refractivity contribution is 0.298. The summed E-state index contributed by atoms with van der Waals surface area (Å²) in [6.07, 6.45) is 0. The normalized spacial score (nSPS) is 12.8. The van der Waals surface area contributed by atoms with Crippen LogP contribution in [0.5, 0.6) is 5.75 Å². The van der Waals surface area contributed by atoms with Crippen LogP contribution in [0.4, 0.5) is 4.39 Å². The minimum Gasteiger partial charge on any atom is -0.497 e. The van der Waals surface area contributed by atoms with Crippen molar-refractivity contribution in [2.75, 3.05) is 34.8 Å². The number of hydrogen-bond donors (Lipinski definition) is 2. The number of guanidine groups is 1. The number of nitrogens with one attached hydrogen (secondary N) is 2. The Morgan fingerprint density at radius 3 is 2.38 bits per heavy atom. The van der Waals surface area contributed by atoms with E-state index in [1.165, 1.54) is 11.6 Å². The second kappa shape index (κ2) is 9.77. The van der Waals surface area contributed by atoms with Crippen molar-refractivity contribution in [3.05, 3.63) is 65.5 Å². The Balaban J connectivity index is 1.96. The molecule has 6 heteroatoms. The molecule has 0 heterocycles. The molecule has 0 amide bonds. The zero-order valence-electron chi connectivity index (χ0n) is 15.8. The molecule has 0 spiro atoms. The molecule has 0 fully saturated rings. The Hall–Kier alpha value is -2.60. The highest BCUT2D eigenvalue weighted by Gasteiger charge is 2.15. The molecule has 2 N–H and O–H groups in total. The summed E-state index contributed by atoms with van der Waals surface area (Å²) in [4.78, 5) is 6.36. The lowest BCUT2D eigenvalue weighted by atomic mass is 10.1. The first kappa shape index (κ1) is 19.7. The minimum absolute atomic E-state index is 0.160. The van der Waals surface area contributed by atoms with E-state index in [0.717, 1.165) is 5.75 Å². The number of ether oxygens (including phenoxy) is 1. The number of likely N-dealkylation sites (N-methyl/N-ethyl adjacent to an activating group) is 1. The molecule has 26 heavy (non-hydrogen) atoms. The van der Waals surface area contributed by atoms with Crippen molar-refractivity contribution in [1.29, 1.82) is 0 Å². The summed E-state index contributed by atoms with van der Waals surface area (Å²) in [5.74, 6) is 1.25. The molecule has 5 nitrogen and oxygen atoms in total. The van der Waals surface area contributed by atoms with Crippen LogP contribution in [0.15, 0.2) is 53.5 Å². The molecule has 0 aliphatic rings. The Labute approximate surface area is 154 Å². The van der Waals surface area contributed by atoms with Gasteiger partial charge in [-0.15, -0.1) is 0 Å². The van der Waals surface area contributed by atoms with Gasteiger partial charge in [0.25, 0.3) is 0 Å². The fraction of sp³-hybridized carbons (Fsp3) is 0.350. The van der Waals surface area contributed by atoms with Gasteiger partial charge in [-0.2, -0.15) is 0 Å². The van der Waals surface area contributed by atoms with Gasteiger partial charge in [0, 0.05) is 25.7 Å². The fourth-order valence-corrected chi connectivity index (χ4v) is 2.66. The molecular weight excluding hydrogens is 331 g/mol. The lowest BCUT2D eigenvalue weighted by Gasteiger charge is -2.26. The molecule has 0 aromatic heterocycles. The van der Waals surface area contributed by atoms with Crippen molar-refractivity contribution < 1.29 is 9.13 Å². The summed E-state index contributed by atoms with van der Waals surface area (Å²) < 4.78 is 18.9. The Morgan fingerprint density at radius 2 is 1.81 bits per heavy atom. The Morgan fingerprint density at radius 1 is 1.12 bits per heavy atom. The van der Waals surface area contributed by atoms with Gasteiger partial charge in [0.1, 0.15) is 11.6 Å². The molecule has 2 aromatic rings. The van der Waals surface area contributed by atoms with Crippen LogP contribution in [0.25, 0.3) is 0 Å². The van der Waals surface area contributed by atoms with Crippen LogP contribution in [-0.2, 0) is 6.54 Å². The average Bonchev–Trinajstić information content (AvgIpc) is 2.65. The van der Waals surface area contributed by atoms with Crippen molar-refractivity contribution in [2.45, 2.75) is 12.6 Å². The van der Waals surface area contributed by atoms with Crippen molar-refractivity contribution in [3.8, 4) is 5.75 Å². The molecular formula is C20H27FN4O. The third-order valence-corrected chi connectivity index (χ3v) is 4.21. The van der Waals surface area contributed by atoms with Crippen LogP contribution in [0, 0.1) is 5.82 Å². The van der Waals surface area contributed by atoms with Gasteiger partial charge < -0.3 is 20.3 Å². The number of halogens is 1. The Bertz CT molecular complexity index is 716. The number of methoxy groups -OCH3 is 1. The molecule has 0 aliphatic heterocycles. The third-order valence-electron chi connectivity index (χ3n) is 4.21. The highest BCUT2D eigenvalue weighted by Crippen LogP contribution is 2.20. The summed E-state index contributed by atoms with van der Waals surface area (Å²) in [7, 11) is 7.43. The van der Waals surface area contributed by atoms with Gasteiger partial charge in [-0.25, -0.2) is 4.39 Å². The van der Waals surface area contributed by atoms with Crippen LogP contribution in [0.1, 0.15) is 17.2 Å². The summed E-state index contributed by atoms with van der Waals surface area (Å²) >= 11 is 0. The predicted molar refractivity (Wildman–Crippen MR) is 104 cm³/mol. The van der Waals surface area contributed by atoms with Gasteiger partial charge in [-0.05, 0) is 37.9 Å². The van der Waals surface area contributed by atoms with Gasteiger partial charge in [0.05, 0.1) is 13.2 Å². The maximum absolute atomic E-state index is 13.7. The molecule has 1 atom stereocenters. The van der Waals surface area contributed by atoms with Crippen LogP contribution < -0.4 is 15.4 Å². The maximum atomic E-state index is 13.7. The van der Waals surface area contributed by atoms with Crippen LogP contribution in [0.3, 0.4) is 0 Å². The van der Waals surface area contributed by atoms with Crippen molar-refractivity contribution >= 4 is 5.96 Å². The van der Waals surface area contributed by atoms with E-state index in [0.29, 0.717) is 24.6 Å². The minimum atomic E-state index is -0.222. The zero-order valence-corrected chi connectivity index (χ0v) is 15.8. The van der Waals surface area contributed by atoms with Crippen molar-refractivity contribution in [2.24, 2.45) is 4.99 Å². The van der Waals surface area contributed by atoms with Gasteiger partial charge in [0.15, 0.2) is 5.96 Å². The van der Waals surface area contributed by atoms with Crippen LogP contribution in [-0.4, -0.2) is 45.7 Å². The van der Waals surface area contributed by atoms with E-state index < -0.39 is 0 Å². The number of nitrogens with zero attached hydrogens (tertiary/aromatic N) is 2. The molecule has 2 aromatic carbocycles. The van der Waals surface area contributed by atoms with Crippen molar-refractivity contribution in [1.82, 2.24) is 15.5 Å². The van der Waals surface area contributed by atoms with Gasteiger partial charge in [-0.1, -0.05) is 30.3 Å². The summed E-state index contributed by atoms with van der Waals surface area (Å²) in [6.45, 7) is 1.04. The first-order valence-corrected chi connectivity index (χ1v) is 8.53. The summed E-state index contributed by atoms with van der Waals surface area (Å²) in [5.41, 5.74) is 1.78.